The van der Waals surface area contributed by atoms with Crippen LogP contribution < -0.4 is 10.9 Å². The molecule has 5 rings (SSSR count). The number of nitrogens with zero attached hydrogens (tertiary/aromatic N) is 5. The molecule has 5 aromatic rings. The van der Waals surface area contributed by atoms with Crippen LogP contribution in [0.2, 0.25) is 0 Å². The van der Waals surface area contributed by atoms with Crippen LogP contribution in [0.3, 0.4) is 0 Å². The normalized spacial score (nSPS) is 11.0. The van der Waals surface area contributed by atoms with Gasteiger partial charge in [-0.1, -0.05) is 0 Å². The zero-order valence-electron chi connectivity index (χ0n) is 15.3. The molecule has 4 heterocycles. The van der Waals surface area contributed by atoms with Gasteiger partial charge < -0.3 is 9.73 Å². The minimum absolute atomic E-state index is 0.151. The molecule has 0 atom stereocenters. The number of hydrogen-bond acceptors (Lipinski definition) is 6. The third kappa shape index (κ3) is 3.39. The van der Waals surface area contributed by atoms with Crippen molar-refractivity contribution in [1.29, 1.82) is 0 Å². The maximum absolute atomic E-state index is 12.4. The molecule has 0 aliphatic carbocycles. The molecule has 0 radical (unpaired) electrons. The average molecular weight is 384 g/mol. The first-order chi connectivity index (χ1) is 14.3. The molecule has 1 N–H and O–H groups in total. The zero-order valence-corrected chi connectivity index (χ0v) is 15.3. The molecule has 0 saturated heterocycles. The predicted molar refractivity (Wildman–Crippen MR) is 108 cm³/mol. The van der Waals surface area contributed by atoms with Crippen LogP contribution in [0.15, 0.2) is 88.7 Å². The van der Waals surface area contributed by atoms with Gasteiger partial charge in [-0.15, -0.1) is 0 Å². The first-order valence-electron chi connectivity index (χ1n) is 9.02. The maximum Gasteiger partial charge on any atom is 0.252 e. The Balaban J connectivity index is 1.47. The monoisotopic (exact) mass is 384 g/mol. The van der Waals surface area contributed by atoms with Gasteiger partial charge in [0.25, 0.3) is 5.56 Å². The maximum atomic E-state index is 12.4. The lowest BCUT2D eigenvalue weighted by molar-refractivity contribution is 0.493. The minimum Gasteiger partial charge on any atom is -0.467 e. The molecule has 0 amide bonds. The Morgan fingerprint density at radius 1 is 1.03 bits per heavy atom. The van der Waals surface area contributed by atoms with Crippen LogP contribution in [-0.2, 0) is 6.54 Å². The van der Waals surface area contributed by atoms with Crippen molar-refractivity contribution >= 4 is 22.7 Å². The number of fused-ring (bicyclic) bond motifs is 1. The van der Waals surface area contributed by atoms with Gasteiger partial charge in [-0.05, 0) is 48.5 Å². The highest BCUT2D eigenvalue weighted by atomic mass is 16.3. The smallest absolute Gasteiger partial charge is 0.252 e. The quantitative estimate of drug-likeness (QED) is 0.500. The Morgan fingerprint density at radius 2 is 1.93 bits per heavy atom. The van der Waals surface area contributed by atoms with Crippen molar-refractivity contribution in [2.45, 2.75) is 6.54 Å². The fraction of sp³-hybridized carbons (Fsp3) is 0.0476. The molecule has 1 aromatic carbocycles. The third-order valence-electron chi connectivity index (χ3n) is 4.51. The summed E-state index contributed by atoms with van der Waals surface area (Å²) in [5.41, 5.74) is 2.17. The van der Waals surface area contributed by atoms with Crippen molar-refractivity contribution < 1.29 is 4.42 Å². The Labute approximate surface area is 165 Å². The predicted octanol–water partition coefficient (Wildman–Crippen LogP) is 3.36. The highest BCUT2D eigenvalue weighted by molar-refractivity contribution is 5.75. The average Bonchev–Trinajstić information content (AvgIpc) is 3.45. The van der Waals surface area contributed by atoms with E-state index in [4.69, 9.17) is 4.42 Å². The fourth-order valence-corrected chi connectivity index (χ4v) is 3.09. The fourth-order valence-electron chi connectivity index (χ4n) is 3.09. The SMILES string of the molecule is O=c1ccc2cnc(Nc3ccc(-n4cccn4)cc3)nc2n1Cc1ccco1. The van der Waals surface area contributed by atoms with Crippen LogP contribution in [0.1, 0.15) is 5.76 Å². The molecular formula is C21H16N6O2. The highest BCUT2D eigenvalue weighted by Crippen LogP contribution is 2.18. The summed E-state index contributed by atoms with van der Waals surface area (Å²) in [6.07, 6.45) is 6.89. The molecule has 0 saturated carbocycles. The van der Waals surface area contributed by atoms with E-state index in [1.807, 2.05) is 42.6 Å². The molecule has 8 nitrogen and oxygen atoms in total. The lowest BCUT2D eigenvalue weighted by atomic mass is 10.3. The van der Waals surface area contributed by atoms with Crippen molar-refractivity contribution in [3.05, 3.63) is 95.6 Å². The topological polar surface area (TPSA) is 90.8 Å². The Kier molecular flexibility index (Phi) is 4.14. The lowest BCUT2D eigenvalue weighted by Gasteiger charge is -2.10. The summed E-state index contributed by atoms with van der Waals surface area (Å²) in [6, 6.07) is 16.5. The Hall–Kier alpha value is -4.20. The second-order valence-electron chi connectivity index (χ2n) is 6.43. The second kappa shape index (κ2) is 7.08. The molecule has 142 valence electrons. The van der Waals surface area contributed by atoms with E-state index < -0.39 is 0 Å². The van der Waals surface area contributed by atoms with Gasteiger partial charge in [0, 0.05) is 35.7 Å². The van der Waals surface area contributed by atoms with E-state index in [0.29, 0.717) is 23.9 Å². The van der Waals surface area contributed by atoms with Gasteiger partial charge in [0.2, 0.25) is 5.95 Å². The van der Waals surface area contributed by atoms with Crippen molar-refractivity contribution in [2.75, 3.05) is 5.32 Å². The minimum atomic E-state index is -0.151. The largest absolute Gasteiger partial charge is 0.467 e. The van der Waals surface area contributed by atoms with E-state index in [9.17, 15) is 4.79 Å². The zero-order chi connectivity index (χ0) is 19.6. The van der Waals surface area contributed by atoms with Crippen LogP contribution in [0.4, 0.5) is 11.6 Å². The van der Waals surface area contributed by atoms with Crippen LogP contribution in [-0.4, -0.2) is 24.3 Å². The van der Waals surface area contributed by atoms with Crippen LogP contribution in [0.25, 0.3) is 16.7 Å². The van der Waals surface area contributed by atoms with Crippen molar-refractivity contribution in [3.63, 3.8) is 0 Å². The molecule has 0 unspecified atom stereocenters. The number of furan rings is 1. The van der Waals surface area contributed by atoms with Gasteiger partial charge in [0.05, 0.1) is 18.5 Å². The number of aromatic nitrogens is 5. The van der Waals surface area contributed by atoms with Crippen molar-refractivity contribution in [3.8, 4) is 5.69 Å². The first kappa shape index (κ1) is 16.9. The van der Waals surface area contributed by atoms with Gasteiger partial charge in [-0.3, -0.25) is 9.36 Å². The summed E-state index contributed by atoms with van der Waals surface area (Å²) in [7, 11) is 0. The second-order valence-corrected chi connectivity index (χ2v) is 6.43. The summed E-state index contributed by atoms with van der Waals surface area (Å²) in [5, 5.41) is 8.17. The summed E-state index contributed by atoms with van der Waals surface area (Å²) in [6.45, 7) is 0.304. The molecule has 0 aliphatic rings. The standard InChI is InChI=1S/C21H16N6O2/c28-19-9-4-15-13-22-21(25-20(15)26(19)14-18-3-1-12-29-18)24-16-5-7-17(8-6-16)27-11-2-10-23-27/h1-13H,14H2,(H,22,24,25). The summed E-state index contributed by atoms with van der Waals surface area (Å²) >= 11 is 0. The highest BCUT2D eigenvalue weighted by Gasteiger charge is 2.09. The molecule has 29 heavy (non-hydrogen) atoms. The van der Waals surface area contributed by atoms with Gasteiger partial charge in [0.1, 0.15) is 11.4 Å². The van der Waals surface area contributed by atoms with E-state index in [1.54, 1.807) is 40.0 Å². The number of nitrogens with one attached hydrogen (secondary N) is 1. The Morgan fingerprint density at radius 3 is 2.69 bits per heavy atom. The molecule has 0 bridgehead atoms. The molecule has 0 fully saturated rings. The van der Waals surface area contributed by atoms with Crippen LogP contribution in [0.5, 0.6) is 0 Å². The van der Waals surface area contributed by atoms with E-state index in [-0.39, 0.29) is 5.56 Å². The molecular weight excluding hydrogens is 368 g/mol. The van der Waals surface area contributed by atoms with Gasteiger partial charge in [-0.2, -0.15) is 10.1 Å². The van der Waals surface area contributed by atoms with Crippen molar-refractivity contribution in [2.24, 2.45) is 0 Å². The number of pyridine rings is 1. The number of rotatable bonds is 5. The van der Waals surface area contributed by atoms with Gasteiger partial charge in [-0.25, -0.2) is 9.67 Å². The van der Waals surface area contributed by atoms with Crippen molar-refractivity contribution in [1.82, 2.24) is 24.3 Å². The van der Waals surface area contributed by atoms with E-state index in [0.717, 1.165) is 16.8 Å². The first-order valence-corrected chi connectivity index (χ1v) is 9.02. The lowest BCUT2D eigenvalue weighted by Crippen LogP contribution is -2.21. The van der Waals surface area contributed by atoms with Crippen LogP contribution in [0, 0.1) is 0 Å². The summed E-state index contributed by atoms with van der Waals surface area (Å²) in [5.74, 6) is 1.09. The van der Waals surface area contributed by atoms with Crippen LogP contribution >= 0.6 is 0 Å². The van der Waals surface area contributed by atoms with E-state index in [2.05, 4.69) is 20.4 Å². The molecule has 0 aliphatic heterocycles. The van der Waals surface area contributed by atoms with E-state index >= 15 is 0 Å². The molecule has 4 aromatic heterocycles. The Bertz CT molecular complexity index is 1310. The third-order valence-corrected chi connectivity index (χ3v) is 4.51. The summed E-state index contributed by atoms with van der Waals surface area (Å²) < 4.78 is 8.74. The van der Waals surface area contributed by atoms with Gasteiger partial charge >= 0.3 is 0 Å². The van der Waals surface area contributed by atoms with Gasteiger partial charge in [0.15, 0.2) is 0 Å². The number of hydrogen-bond donors (Lipinski definition) is 1. The number of benzene rings is 1. The number of anilines is 2. The molecule has 0 spiro atoms. The summed E-state index contributed by atoms with van der Waals surface area (Å²) in [4.78, 5) is 21.3. The van der Waals surface area contributed by atoms with E-state index in [1.165, 1.54) is 6.07 Å². The molecule has 8 heteroatoms.